The number of ether oxygens (including phenoxy) is 1. The van der Waals surface area contributed by atoms with Gasteiger partial charge in [-0.25, -0.2) is 9.67 Å². The van der Waals surface area contributed by atoms with E-state index in [1.54, 1.807) is 6.92 Å². The molecule has 0 aliphatic heterocycles. The van der Waals surface area contributed by atoms with E-state index in [-0.39, 0.29) is 19.1 Å². The summed E-state index contributed by atoms with van der Waals surface area (Å²) in [5.74, 6) is 0.379. The van der Waals surface area contributed by atoms with Crippen LogP contribution in [0.2, 0.25) is 0 Å². The fourth-order valence-corrected chi connectivity index (χ4v) is 1.38. The van der Waals surface area contributed by atoms with Gasteiger partial charge in [-0.1, -0.05) is 30.3 Å². The first-order valence-corrected chi connectivity index (χ1v) is 5.29. The van der Waals surface area contributed by atoms with Crippen molar-refractivity contribution < 1.29 is 9.53 Å². The zero-order chi connectivity index (χ0) is 12.1. The van der Waals surface area contributed by atoms with Gasteiger partial charge in [-0.2, -0.15) is 5.10 Å². The van der Waals surface area contributed by atoms with Crippen molar-refractivity contribution in [2.75, 3.05) is 0 Å². The lowest BCUT2D eigenvalue weighted by atomic mass is 10.2. The molecule has 1 heterocycles. The molecule has 5 heteroatoms. The first-order valence-electron chi connectivity index (χ1n) is 5.29. The fraction of sp³-hybridized carbons (Fsp3) is 0.250. The van der Waals surface area contributed by atoms with Crippen LogP contribution in [0.5, 0.6) is 0 Å². The molecule has 0 unspecified atom stereocenters. The highest BCUT2D eigenvalue weighted by molar-refractivity contribution is 5.69. The highest BCUT2D eigenvalue weighted by Gasteiger charge is 2.07. The third-order valence-electron chi connectivity index (χ3n) is 2.33. The molecule has 1 aromatic heterocycles. The van der Waals surface area contributed by atoms with Gasteiger partial charge in [-0.05, 0) is 12.5 Å². The molecule has 0 spiro atoms. The normalized spacial score (nSPS) is 10.2. The Bertz CT molecular complexity index is 493. The lowest BCUT2D eigenvalue weighted by Gasteiger charge is -2.05. The van der Waals surface area contributed by atoms with Gasteiger partial charge in [0.15, 0.2) is 0 Å². The predicted molar refractivity (Wildman–Crippen MR) is 61.0 cm³/mol. The van der Waals surface area contributed by atoms with Crippen molar-refractivity contribution in [3.05, 3.63) is 48.0 Å². The number of carbonyl (C=O) groups is 1. The summed E-state index contributed by atoms with van der Waals surface area (Å²) in [5.41, 5.74) is 0.969. The Morgan fingerprint density at radius 3 is 2.76 bits per heavy atom. The van der Waals surface area contributed by atoms with Crippen molar-refractivity contribution >= 4 is 5.97 Å². The van der Waals surface area contributed by atoms with Crippen molar-refractivity contribution in [3.63, 3.8) is 0 Å². The van der Waals surface area contributed by atoms with Crippen molar-refractivity contribution in [3.8, 4) is 0 Å². The summed E-state index contributed by atoms with van der Waals surface area (Å²) in [4.78, 5) is 15.5. The summed E-state index contributed by atoms with van der Waals surface area (Å²) >= 11 is 0. The molecule has 0 saturated carbocycles. The summed E-state index contributed by atoms with van der Waals surface area (Å²) in [5, 5.41) is 3.92. The summed E-state index contributed by atoms with van der Waals surface area (Å²) in [6.45, 7) is 2.17. The largest absolute Gasteiger partial charge is 0.459 e. The van der Waals surface area contributed by atoms with Gasteiger partial charge in [0.1, 0.15) is 25.3 Å². The summed E-state index contributed by atoms with van der Waals surface area (Å²) in [7, 11) is 0. The highest BCUT2D eigenvalue weighted by Crippen LogP contribution is 2.01. The van der Waals surface area contributed by atoms with Gasteiger partial charge in [-0.3, -0.25) is 4.79 Å². The van der Waals surface area contributed by atoms with Crippen LogP contribution in [0.1, 0.15) is 11.4 Å². The van der Waals surface area contributed by atoms with Gasteiger partial charge in [0.2, 0.25) is 0 Å². The molecular weight excluding hydrogens is 218 g/mol. The van der Waals surface area contributed by atoms with Crippen molar-refractivity contribution in [1.82, 2.24) is 14.8 Å². The van der Waals surface area contributed by atoms with Gasteiger partial charge in [0, 0.05) is 0 Å². The Morgan fingerprint density at radius 2 is 2.12 bits per heavy atom. The van der Waals surface area contributed by atoms with Crippen LogP contribution in [0.25, 0.3) is 0 Å². The van der Waals surface area contributed by atoms with Gasteiger partial charge >= 0.3 is 5.97 Å². The van der Waals surface area contributed by atoms with Crippen LogP contribution in [-0.2, 0) is 22.7 Å². The van der Waals surface area contributed by atoms with E-state index < -0.39 is 0 Å². The lowest BCUT2D eigenvalue weighted by molar-refractivity contribution is -0.145. The van der Waals surface area contributed by atoms with E-state index in [4.69, 9.17) is 4.74 Å². The molecule has 0 fully saturated rings. The minimum absolute atomic E-state index is 0.0959. The first-order chi connectivity index (χ1) is 8.25. The fourth-order valence-electron chi connectivity index (χ4n) is 1.38. The van der Waals surface area contributed by atoms with Crippen LogP contribution in [0.4, 0.5) is 0 Å². The number of rotatable bonds is 4. The number of hydrogen-bond acceptors (Lipinski definition) is 4. The van der Waals surface area contributed by atoms with Crippen molar-refractivity contribution in [2.45, 2.75) is 20.1 Å². The molecule has 2 rings (SSSR count). The van der Waals surface area contributed by atoms with Crippen molar-refractivity contribution in [1.29, 1.82) is 0 Å². The van der Waals surface area contributed by atoms with Crippen LogP contribution < -0.4 is 0 Å². The SMILES string of the molecule is Cc1ncnn1CC(=O)OCc1ccccc1. The molecule has 0 aliphatic carbocycles. The topological polar surface area (TPSA) is 57.0 Å². The number of carbonyl (C=O) groups excluding carboxylic acids is 1. The first kappa shape index (κ1) is 11.3. The molecular formula is C12H13N3O2. The van der Waals surface area contributed by atoms with Crippen LogP contribution in [0, 0.1) is 6.92 Å². The van der Waals surface area contributed by atoms with Gasteiger partial charge in [0.25, 0.3) is 0 Å². The number of aromatic nitrogens is 3. The Labute approximate surface area is 99.1 Å². The standard InChI is InChI=1S/C12H13N3O2/c1-10-13-9-14-15(10)7-12(16)17-8-11-5-3-2-4-6-11/h2-6,9H,7-8H2,1H3. The highest BCUT2D eigenvalue weighted by atomic mass is 16.5. The van der Waals surface area contributed by atoms with Gasteiger partial charge < -0.3 is 4.74 Å². The summed E-state index contributed by atoms with van der Waals surface area (Å²) in [6, 6.07) is 9.56. The average Bonchev–Trinajstić information content (AvgIpc) is 2.74. The van der Waals surface area contributed by atoms with Crippen LogP contribution in [0.3, 0.4) is 0 Å². The van der Waals surface area contributed by atoms with E-state index >= 15 is 0 Å². The molecule has 0 atom stereocenters. The van der Waals surface area contributed by atoms with E-state index in [1.807, 2.05) is 30.3 Å². The smallest absolute Gasteiger partial charge is 0.328 e. The Morgan fingerprint density at radius 1 is 1.35 bits per heavy atom. The maximum Gasteiger partial charge on any atom is 0.328 e. The Hall–Kier alpha value is -2.17. The maximum atomic E-state index is 11.5. The van der Waals surface area contributed by atoms with E-state index in [9.17, 15) is 4.79 Å². The third-order valence-corrected chi connectivity index (χ3v) is 2.33. The number of hydrogen-bond donors (Lipinski definition) is 0. The second-order valence-electron chi connectivity index (χ2n) is 3.61. The molecule has 2 aromatic rings. The number of benzene rings is 1. The minimum Gasteiger partial charge on any atom is -0.459 e. The molecule has 88 valence electrons. The summed E-state index contributed by atoms with van der Waals surface area (Å²) < 4.78 is 6.64. The molecule has 0 aliphatic rings. The van der Waals surface area contributed by atoms with E-state index in [0.717, 1.165) is 5.56 Å². The molecule has 0 bridgehead atoms. The minimum atomic E-state index is -0.317. The quantitative estimate of drug-likeness (QED) is 0.745. The number of nitrogens with zero attached hydrogens (tertiary/aromatic N) is 3. The monoisotopic (exact) mass is 231 g/mol. The van der Waals surface area contributed by atoms with E-state index in [2.05, 4.69) is 10.1 Å². The Kier molecular flexibility index (Phi) is 3.49. The third kappa shape index (κ3) is 3.14. The zero-order valence-corrected chi connectivity index (χ0v) is 9.54. The Balaban J connectivity index is 1.85. The van der Waals surface area contributed by atoms with E-state index in [0.29, 0.717) is 5.82 Å². The summed E-state index contributed by atoms with van der Waals surface area (Å²) in [6.07, 6.45) is 1.42. The molecule has 1 aromatic carbocycles. The second kappa shape index (κ2) is 5.25. The molecule has 0 N–H and O–H groups in total. The zero-order valence-electron chi connectivity index (χ0n) is 9.54. The molecule has 0 saturated heterocycles. The van der Waals surface area contributed by atoms with Gasteiger partial charge in [-0.15, -0.1) is 0 Å². The van der Waals surface area contributed by atoms with Crippen molar-refractivity contribution in [2.24, 2.45) is 0 Å². The van der Waals surface area contributed by atoms with Gasteiger partial charge in [0.05, 0.1) is 0 Å². The van der Waals surface area contributed by atoms with Crippen LogP contribution >= 0.6 is 0 Å². The maximum absolute atomic E-state index is 11.5. The average molecular weight is 231 g/mol. The van der Waals surface area contributed by atoms with Crippen LogP contribution in [-0.4, -0.2) is 20.7 Å². The van der Waals surface area contributed by atoms with E-state index in [1.165, 1.54) is 11.0 Å². The molecule has 5 nitrogen and oxygen atoms in total. The molecule has 0 amide bonds. The predicted octanol–water partition coefficient (Wildman–Crippen LogP) is 1.33. The van der Waals surface area contributed by atoms with Crippen LogP contribution in [0.15, 0.2) is 36.7 Å². The number of esters is 1. The molecule has 17 heavy (non-hydrogen) atoms. The lowest BCUT2D eigenvalue weighted by Crippen LogP contribution is -2.15. The second-order valence-corrected chi connectivity index (χ2v) is 3.61. The molecule has 0 radical (unpaired) electrons. The number of aryl methyl sites for hydroxylation is 1.